The second-order valence-corrected chi connectivity index (χ2v) is 3.33. The van der Waals surface area contributed by atoms with Crippen molar-refractivity contribution in [2.75, 3.05) is 0 Å². The molecule has 0 fully saturated rings. The molecule has 1 atom stereocenters. The van der Waals surface area contributed by atoms with Crippen LogP contribution in [0.3, 0.4) is 0 Å². The van der Waals surface area contributed by atoms with E-state index in [2.05, 4.69) is 18.0 Å². The number of aryl methyl sites for hydroxylation is 1. The van der Waals surface area contributed by atoms with Crippen molar-refractivity contribution in [3.05, 3.63) is 29.6 Å². The summed E-state index contributed by atoms with van der Waals surface area (Å²) >= 11 is 0. The number of rotatable bonds is 0. The van der Waals surface area contributed by atoms with Gasteiger partial charge in [0.1, 0.15) is 0 Å². The summed E-state index contributed by atoms with van der Waals surface area (Å²) in [5.74, 6) is 0.729. The third-order valence-electron chi connectivity index (χ3n) is 2.51. The summed E-state index contributed by atoms with van der Waals surface area (Å²) in [5.41, 5.74) is 2.80. The van der Waals surface area contributed by atoms with Crippen LogP contribution in [0.5, 0.6) is 0 Å². The van der Waals surface area contributed by atoms with Crippen LogP contribution in [0.25, 0.3) is 0 Å². The molecule has 1 unspecified atom stereocenters. The minimum absolute atomic E-state index is 0.729. The van der Waals surface area contributed by atoms with E-state index in [9.17, 15) is 0 Å². The zero-order valence-corrected chi connectivity index (χ0v) is 8.88. The standard InChI is InChI=1S/C10H13N.C2H6/c1-8-4-2-6-10-9(8)5-3-7-11-10;1-2/h3,5,7-8H,2,4,6H2,1H3;1-2H3. The van der Waals surface area contributed by atoms with Gasteiger partial charge in [0.2, 0.25) is 0 Å². The van der Waals surface area contributed by atoms with Crippen molar-refractivity contribution >= 4 is 0 Å². The maximum atomic E-state index is 4.37. The zero-order chi connectivity index (χ0) is 9.68. The van der Waals surface area contributed by atoms with Crippen molar-refractivity contribution in [1.29, 1.82) is 0 Å². The molecule has 1 aromatic rings. The Kier molecular flexibility index (Phi) is 3.94. The van der Waals surface area contributed by atoms with Gasteiger partial charge in [-0.3, -0.25) is 4.98 Å². The Morgan fingerprint density at radius 2 is 2.15 bits per heavy atom. The van der Waals surface area contributed by atoms with E-state index < -0.39 is 0 Å². The molecule has 1 heterocycles. The lowest BCUT2D eigenvalue weighted by molar-refractivity contribution is 0.579. The molecule has 1 aliphatic carbocycles. The summed E-state index contributed by atoms with van der Waals surface area (Å²) in [6, 6.07) is 4.26. The quantitative estimate of drug-likeness (QED) is 0.590. The summed E-state index contributed by atoms with van der Waals surface area (Å²) in [4.78, 5) is 4.37. The lowest BCUT2D eigenvalue weighted by Crippen LogP contribution is -2.08. The average Bonchev–Trinajstić information content (AvgIpc) is 2.22. The topological polar surface area (TPSA) is 12.9 Å². The van der Waals surface area contributed by atoms with Crippen molar-refractivity contribution in [2.45, 2.75) is 46.0 Å². The largest absolute Gasteiger partial charge is 0.261 e. The Bertz CT molecular complexity index is 255. The smallest absolute Gasteiger partial charge is 0.0438 e. The Hall–Kier alpha value is -0.850. The van der Waals surface area contributed by atoms with Gasteiger partial charge in [0.25, 0.3) is 0 Å². The first kappa shape index (κ1) is 10.2. The molecule has 13 heavy (non-hydrogen) atoms. The van der Waals surface area contributed by atoms with Gasteiger partial charge in [0.05, 0.1) is 0 Å². The van der Waals surface area contributed by atoms with Crippen molar-refractivity contribution in [1.82, 2.24) is 4.98 Å². The summed E-state index contributed by atoms with van der Waals surface area (Å²) in [5, 5.41) is 0. The molecular formula is C12H19N. The third kappa shape index (κ3) is 2.30. The molecule has 1 aromatic heterocycles. The fourth-order valence-corrected chi connectivity index (χ4v) is 1.84. The Morgan fingerprint density at radius 3 is 2.85 bits per heavy atom. The van der Waals surface area contributed by atoms with Gasteiger partial charge in [0, 0.05) is 11.9 Å². The molecule has 0 N–H and O–H groups in total. The van der Waals surface area contributed by atoms with E-state index in [0.717, 1.165) is 5.92 Å². The molecule has 0 bridgehead atoms. The average molecular weight is 177 g/mol. The minimum atomic E-state index is 0.729. The van der Waals surface area contributed by atoms with Gasteiger partial charge < -0.3 is 0 Å². The predicted octanol–water partition coefficient (Wildman–Crippen LogP) is 3.55. The summed E-state index contributed by atoms with van der Waals surface area (Å²) in [7, 11) is 0. The molecule has 0 amide bonds. The van der Waals surface area contributed by atoms with E-state index >= 15 is 0 Å². The van der Waals surface area contributed by atoms with E-state index in [1.807, 2.05) is 26.1 Å². The maximum absolute atomic E-state index is 4.37. The van der Waals surface area contributed by atoms with Crippen LogP contribution in [-0.4, -0.2) is 4.98 Å². The fourth-order valence-electron chi connectivity index (χ4n) is 1.84. The SMILES string of the molecule is CC.CC1CCCc2ncccc21. The van der Waals surface area contributed by atoms with Crippen LogP contribution in [0.4, 0.5) is 0 Å². The Balaban J connectivity index is 0.000000396. The number of nitrogens with zero attached hydrogens (tertiary/aromatic N) is 1. The summed E-state index contributed by atoms with van der Waals surface area (Å²) < 4.78 is 0. The van der Waals surface area contributed by atoms with Crippen molar-refractivity contribution in [2.24, 2.45) is 0 Å². The molecule has 1 nitrogen and oxygen atoms in total. The van der Waals surface area contributed by atoms with E-state index in [0.29, 0.717) is 0 Å². The van der Waals surface area contributed by atoms with Crippen LogP contribution in [0.1, 0.15) is 50.8 Å². The molecule has 72 valence electrons. The third-order valence-corrected chi connectivity index (χ3v) is 2.51. The first-order valence-corrected chi connectivity index (χ1v) is 5.31. The monoisotopic (exact) mass is 177 g/mol. The summed E-state index contributed by atoms with van der Waals surface area (Å²) in [6.45, 7) is 6.29. The summed E-state index contributed by atoms with van der Waals surface area (Å²) in [6.07, 6.45) is 5.72. The molecule has 1 heteroatoms. The highest BCUT2D eigenvalue weighted by Gasteiger charge is 2.15. The molecule has 0 saturated heterocycles. The van der Waals surface area contributed by atoms with Gasteiger partial charge in [0.15, 0.2) is 0 Å². The predicted molar refractivity (Wildman–Crippen MR) is 56.9 cm³/mol. The normalized spacial score (nSPS) is 19.8. The molecule has 0 spiro atoms. The number of fused-ring (bicyclic) bond motifs is 1. The Morgan fingerprint density at radius 1 is 1.38 bits per heavy atom. The molecule has 2 rings (SSSR count). The van der Waals surface area contributed by atoms with Crippen molar-refractivity contribution < 1.29 is 0 Å². The zero-order valence-electron chi connectivity index (χ0n) is 8.88. The van der Waals surface area contributed by atoms with E-state index in [1.54, 1.807) is 0 Å². The minimum Gasteiger partial charge on any atom is -0.261 e. The van der Waals surface area contributed by atoms with E-state index in [4.69, 9.17) is 0 Å². The molecule has 0 saturated carbocycles. The molecular weight excluding hydrogens is 158 g/mol. The first-order chi connectivity index (χ1) is 6.38. The second kappa shape index (κ2) is 5.00. The molecule has 0 aliphatic heterocycles. The fraction of sp³-hybridized carbons (Fsp3) is 0.583. The van der Waals surface area contributed by atoms with Crippen LogP contribution in [0.15, 0.2) is 18.3 Å². The highest BCUT2D eigenvalue weighted by molar-refractivity contribution is 5.25. The van der Waals surface area contributed by atoms with Gasteiger partial charge in [-0.1, -0.05) is 26.8 Å². The van der Waals surface area contributed by atoms with Gasteiger partial charge in [-0.15, -0.1) is 0 Å². The second-order valence-electron chi connectivity index (χ2n) is 3.33. The highest BCUT2D eigenvalue weighted by atomic mass is 14.7. The van der Waals surface area contributed by atoms with Crippen LogP contribution in [0, 0.1) is 0 Å². The van der Waals surface area contributed by atoms with E-state index in [1.165, 1.54) is 30.5 Å². The van der Waals surface area contributed by atoms with E-state index in [-0.39, 0.29) is 0 Å². The van der Waals surface area contributed by atoms with Crippen LogP contribution < -0.4 is 0 Å². The molecule has 0 aromatic carbocycles. The highest BCUT2D eigenvalue weighted by Crippen LogP contribution is 2.28. The van der Waals surface area contributed by atoms with Gasteiger partial charge in [-0.25, -0.2) is 0 Å². The van der Waals surface area contributed by atoms with Gasteiger partial charge in [-0.05, 0) is 36.8 Å². The van der Waals surface area contributed by atoms with Gasteiger partial charge in [-0.2, -0.15) is 0 Å². The molecule has 0 radical (unpaired) electrons. The van der Waals surface area contributed by atoms with Crippen LogP contribution in [0.2, 0.25) is 0 Å². The number of pyridine rings is 1. The number of aromatic nitrogens is 1. The lowest BCUT2D eigenvalue weighted by Gasteiger charge is -2.20. The van der Waals surface area contributed by atoms with Crippen LogP contribution >= 0.6 is 0 Å². The number of hydrogen-bond donors (Lipinski definition) is 0. The lowest BCUT2D eigenvalue weighted by atomic mass is 9.87. The van der Waals surface area contributed by atoms with Crippen molar-refractivity contribution in [3.8, 4) is 0 Å². The number of hydrogen-bond acceptors (Lipinski definition) is 1. The van der Waals surface area contributed by atoms with Crippen molar-refractivity contribution in [3.63, 3.8) is 0 Å². The first-order valence-electron chi connectivity index (χ1n) is 5.31. The molecule has 1 aliphatic rings. The van der Waals surface area contributed by atoms with Crippen LogP contribution in [-0.2, 0) is 6.42 Å². The van der Waals surface area contributed by atoms with Gasteiger partial charge >= 0.3 is 0 Å². The Labute approximate surface area is 81.2 Å². The maximum Gasteiger partial charge on any atom is 0.0438 e.